The van der Waals surface area contributed by atoms with E-state index in [1.807, 2.05) is 38.3 Å². The number of benzene rings is 1. The van der Waals surface area contributed by atoms with Gasteiger partial charge in [-0.1, -0.05) is 6.07 Å². The maximum Gasteiger partial charge on any atom is 0.337 e. The van der Waals surface area contributed by atoms with Gasteiger partial charge >= 0.3 is 5.97 Å². The lowest BCUT2D eigenvalue weighted by Gasteiger charge is -2.37. The van der Waals surface area contributed by atoms with Crippen LogP contribution in [0.4, 0.5) is 0 Å². The molecule has 2 heterocycles. The number of ether oxygens (including phenoxy) is 3. The molecule has 0 saturated heterocycles. The number of halogens is 1. The van der Waals surface area contributed by atoms with Crippen LogP contribution in [0.3, 0.4) is 0 Å². The summed E-state index contributed by atoms with van der Waals surface area (Å²) in [5.74, 6) is 0.193. The van der Waals surface area contributed by atoms with Crippen LogP contribution in [-0.2, 0) is 14.3 Å². The number of nitrogens with one attached hydrogen (secondary N) is 1. The van der Waals surface area contributed by atoms with E-state index in [1.165, 1.54) is 4.88 Å². The van der Waals surface area contributed by atoms with Gasteiger partial charge in [-0.2, -0.15) is 0 Å². The molecule has 2 atom stereocenters. The van der Waals surface area contributed by atoms with E-state index in [-0.39, 0.29) is 17.8 Å². The molecule has 0 fully saturated rings. The van der Waals surface area contributed by atoms with Gasteiger partial charge in [0.2, 0.25) is 0 Å². The molecule has 0 unspecified atom stereocenters. The van der Waals surface area contributed by atoms with Crippen LogP contribution in [0.5, 0.6) is 11.5 Å². The van der Waals surface area contributed by atoms with Crippen molar-refractivity contribution < 1.29 is 23.8 Å². The highest BCUT2D eigenvalue weighted by Gasteiger charge is 2.43. The Labute approximate surface area is 212 Å². The first-order chi connectivity index (χ1) is 16.2. The summed E-state index contributed by atoms with van der Waals surface area (Å²) < 4.78 is 17.6. The fraction of sp³-hybridized carbons (Fsp3) is 0.385. The average molecular weight is 546 g/mol. The Hall–Kier alpha value is -2.58. The first-order valence-corrected chi connectivity index (χ1v) is 12.8. The quantitative estimate of drug-likeness (QED) is 0.459. The minimum Gasteiger partial charge on any atom is -0.496 e. The molecule has 0 spiro atoms. The lowest BCUT2D eigenvalue weighted by atomic mass is 9.72. The van der Waals surface area contributed by atoms with E-state index in [2.05, 4.69) is 27.3 Å². The molecule has 6 nitrogen and oxygen atoms in total. The standard InChI is InChI=1S/C26H28BrNO5S/c1-13(2)33-26(30)23-14(3)28-18-9-15(22-7-6-8-34-22)10-19(29)25(18)24(23)16-11-21(32-5)17(27)12-20(16)31-4/h6-8,11-13,15,24,28H,9-10H2,1-5H3/t15-,24+/m1/s1. The highest BCUT2D eigenvalue weighted by atomic mass is 79.9. The maximum atomic E-state index is 13.7. The molecule has 1 aromatic carbocycles. The lowest BCUT2D eigenvalue weighted by molar-refractivity contribution is -0.143. The Kier molecular flexibility index (Phi) is 7.19. The van der Waals surface area contributed by atoms with E-state index in [0.29, 0.717) is 46.7 Å². The number of ketones is 1. The van der Waals surface area contributed by atoms with Crippen molar-refractivity contribution in [1.82, 2.24) is 5.32 Å². The molecule has 0 radical (unpaired) electrons. The fourth-order valence-electron chi connectivity index (χ4n) is 4.73. The molecule has 1 N–H and O–H groups in total. The minimum absolute atomic E-state index is 0.0171. The van der Waals surface area contributed by atoms with Gasteiger partial charge in [-0.05, 0) is 66.7 Å². The normalized spacial score (nSPS) is 20.3. The molecule has 1 aromatic heterocycles. The van der Waals surface area contributed by atoms with E-state index >= 15 is 0 Å². The largest absolute Gasteiger partial charge is 0.496 e. The molecule has 2 aliphatic rings. The van der Waals surface area contributed by atoms with Crippen LogP contribution in [0.25, 0.3) is 0 Å². The van der Waals surface area contributed by atoms with Gasteiger partial charge in [0.1, 0.15) is 11.5 Å². The van der Waals surface area contributed by atoms with Crippen molar-refractivity contribution in [3.05, 3.63) is 67.1 Å². The third-order valence-electron chi connectivity index (χ3n) is 6.15. The van der Waals surface area contributed by atoms with Gasteiger partial charge < -0.3 is 19.5 Å². The number of thiophene rings is 1. The van der Waals surface area contributed by atoms with Crippen molar-refractivity contribution in [2.75, 3.05) is 14.2 Å². The molecule has 1 aliphatic heterocycles. The van der Waals surface area contributed by atoms with Gasteiger partial charge in [-0.25, -0.2) is 4.79 Å². The van der Waals surface area contributed by atoms with Crippen LogP contribution in [0.2, 0.25) is 0 Å². The Bertz CT molecular complexity index is 1180. The van der Waals surface area contributed by atoms with Crippen LogP contribution in [0.15, 0.2) is 56.7 Å². The molecule has 180 valence electrons. The van der Waals surface area contributed by atoms with Gasteiger partial charge in [-0.15, -0.1) is 11.3 Å². The van der Waals surface area contributed by atoms with Crippen molar-refractivity contribution >= 4 is 39.0 Å². The lowest BCUT2D eigenvalue weighted by Crippen LogP contribution is -2.36. The number of dihydropyridines is 1. The van der Waals surface area contributed by atoms with Crippen molar-refractivity contribution in [1.29, 1.82) is 0 Å². The summed E-state index contributed by atoms with van der Waals surface area (Å²) >= 11 is 5.17. The Balaban J connectivity index is 1.90. The number of hydrogen-bond acceptors (Lipinski definition) is 7. The predicted octanol–water partition coefficient (Wildman–Crippen LogP) is 5.84. The van der Waals surface area contributed by atoms with Gasteiger partial charge in [0.25, 0.3) is 0 Å². The van der Waals surface area contributed by atoms with E-state index in [1.54, 1.807) is 31.6 Å². The van der Waals surface area contributed by atoms with Crippen LogP contribution in [0.1, 0.15) is 55.9 Å². The molecule has 0 bridgehead atoms. The van der Waals surface area contributed by atoms with Gasteiger partial charge in [-0.3, -0.25) is 4.79 Å². The fourth-order valence-corrected chi connectivity index (χ4v) is 6.05. The van der Waals surface area contributed by atoms with Crippen molar-refractivity contribution in [2.45, 2.75) is 51.6 Å². The third-order valence-corrected chi connectivity index (χ3v) is 7.81. The van der Waals surface area contributed by atoms with E-state index < -0.39 is 11.9 Å². The van der Waals surface area contributed by atoms with E-state index in [4.69, 9.17) is 14.2 Å². The van der Waals surface area contributed by atoms with Crippen LogP contribution < -0.4 is 14.8 Å². The van der Waals surface area contributed by atoms with Crippen LogP contribution in [0, 0.1) is 0 Å². The van der Waals surface area contributed by atoms with E-state index in [0.717, 1.165) is 10.2 Å². The third kappa shape index (κ3) is 4.53. The number of Topliss-reactive ketones (excluding diaryl/α,β-unsaturated/α-hetero) is 1. The van der Waals surface area contributed by atoms with Gasteiger partial charge in [0.05, 0.1) is 36.3 Å². The Morgan fingerprint density at radius 2 is 1.91 bits per heavy atom. The summed E-state index contributed by atoms with van der Waals surface area (Å²) in [5, 5.41) is 5.42. The van der Waals surface area contributed by atoms with Crippen molar-refractivity contribution in [3.8, 4) is 11.5 Å². The molecule has 8 heteroatoms. The maximum absolute atomic E-state index is 13.7. The van der Waals surface area contributed by atoms with Crippen LogP contribution in [-0.4, -0.2) is 32.1 Å². The number of hydrogen-bond donors (Lipinski definition) is 1. The summed E-state index contributed by atoms with van der Waals surface area (Å²) in [7, 11) is 3.15. The summed E-state index contributed by atoms with van der Waals surface area (Å²) in [6.45, 7) is 5.48. The monoisotopic (exact) mass is 545 g/mol. The summed E-state index contributed by atoms with van der Waals surface area (Å²) in [6.07, 6.45) is 0.784. The first-order valence-electron chi connectivity index (χ1n) is 11.1. The molecule has 34 heavy (non-hydrogen) atoms. The predicted molar refractivity (Wildman–Crippen MR) is 135 cm³/mol. The Morgan fingerprint density at radius 1 is 1.18 bits per heavy atom. The minimum atomic E-state index is -0.628. The number of esters is 1. The molecule has 2 aromatic rings. The highest BCUT2D eigenvalue weighted by molar-refractivity contribution is 9.10. The SMILES string of the molecule is COc1cc([C@H]2C(C(=O)OC(C)C)=C(C)NC3=C2C(=O)C[C@H](c2cccs2)C3)c(OC)cc1Br. The molecular weight excluding hydrogens is 518 g/mol. The van der Waals surface area contributed by atoms with Gasteiger partial charge in [0, 0.05) is 39.7 Å². The number of rotatable bonds is 6. The molecule has 0 saturated carbocycles. The average Bonchev–Trinajstić information content (AvgIpc) is 3.32. The smallest absolute Gasteiger partial charge is 0.337 e. The van der Waals surface area contributed by atoms with Crippen molar-refractivity contribution in [2.24, 2.45) is 0 Å². The molecule has 0 amide bonds. The summed E-state index contributed by atoms with van der Waals surface area (Å²) in [5.41, 5.74) is 3.23. The second-order valence-corrected chi connectivity index (χ2v) is 10.5. The molecular formula is C26H28BrNO5S. The zero-order valence-electron chi connectivity index (χ0n) is 19.9. The topological polar surface area (TPSA) is 73.9 Å². The van der Waals surface area contributed by atoms with Crippen molar-refractivity contribution in [3.63, 3.8) is 0 Å². The van der Waals surface area contributed by atoms with Crippen LogP contribution >= 0.6 is 27.3 Å². The van der Waals surface area contributed by atoms with E-state index in [9.17, 15) is 9.59 Å². The zero-order chi connectivity index (χ0) is 24.6. The number of methoxy groups -OCH3 is 2. The Morgan fingerprint density at radius 3 is 2.53 bits per heavy atom. The first kappa shape index (κ1) is 24.5. The van der Waals surface area contributed by atoms with Gasteiger partial charge in [0.15, 0.2) is 5.78 Å². The second-order valence-electron chi connectivity index (χ2n) is 8.72. The highest BCUT2D eigenvalue weighted by Crippen LogP contribution is 2.49. The number of allylic oxidation sites excluding steroid dienone is 3. The second kappa shape index (κ2) is 9.96. The summed E-state index contributed by atoms with van der Waals surface area (Å²) in [4.78, 5) is 28.2. The molecule has 4 rings (SSSR count). The molecule has 1 aliphatic carbocycles. The summed E-state index contributed by atoms with van der Waals surface area (Å²) in [6, 6.07) is 7.72. The number of carbonyl (C=O) groups excluding carboxylic acids is 2. The number of carbonyl (C=O) groups is 2. The zero-order valence-corrected chi connectivity index (χ0v) is 22.3.